The van der Waals surface area contributed by atoms with E-state index in [4.69, 9.17) is 9.52 Å². The normalized spacial score (nSPS) is 16.3. The lowest BCUT2D eigenvalue weighted by molar-refractivity contribution is -0.137. The molecule has 1 fully saturated rings. The molecule has 4 nitrogen and oxygen atoms in total. The molecule has 0 radical (unpaired) electrons. The summed E-state index contributed by atoms with van der Waals surface area (Å²) in [7, 11) is 0. The van der Waals surface area contributed by atoms with Crippen molar-refractivity contribution in [2.75, 3.05) is 0 Å². The van der Waals surface area contributed by atoms with Gasteiger partial charge in [0, 0.05) is 18.8 Å². The second-order valence-corrected chi connectivity index (χ2v) is 4.03. The summed E-state index contributed by atoms with van der Waals surface area (Å²) in [4.78, 5) is 14.5. The van der Waals surface area contributed by atoms with E-state index in [0.717, 1.165) is 5.76 Å². The standard InChI is InChI=1S/C11H15NO3/c13-11(14)6-2-5-10-12-7-9(15-10)8-3-1-4-8/h7-8H,1-6H2,(H,13,14). The number of hydrogen-bond acceptors (Lipinski definition) is 3. The minimum absolute atomic E-state index is 0.182. The van der Waals surface area contributed by atoms with Gasteiger partial charge >= 0.3 is 5.97 Å². The third-order valence-corrected chi connectivity index (χ3v) is 2.86. The second-order valence-electron chi connectivity index (χ2n) is 4.03. The molecule has 0 unspecified atom stereocenters. The van der Waals surface area contributed by atoms with Gasteiger partial charge in [-0.15, -0.1) is 0 Å². The number of aryl methyl sites for hydroxylation is 1. The maximum atomic E-state index is 10.3. The molecule has 1 N–H and O–H groups in total. The summed E-state index contributed by atoms with van der Waals surface area (Å²) in [6.45, 7) is 0. The van der Waals surface area contributed by atoms with Crippen LogP contribution in [0.15, 0.2) is 10.6 Å². The van der Waals surface area contributed by atoms with E-state index in [1.807, 2.05) is 0 Å². The van der Waals surface area contributed by atoms with Crippen molar-refractivity contribution in [1.82, 2.24) is 4.98 Å². The van der Waals surface area contributed by atoms with Crippen LogP contribution in [0.4, 0.5) is 0 Å². The monoisotopic (exact) mass is 209 g/mol. The van der Waals surface area contributed by atoms with Gasteiger partial charge < -0.3 is 9.52 Å². The average Bonchev–Trinajstić information content (AvgIpc) is 2.49. The number of carbonyl (C=O) groups is 1. The first-order valence-corrected chi connectivity index (χ1v) is 5.42. The summed E-state index contributed by atoms with van der Waals surface area (Å²) in [5.41, 5.74) is 0. The van der Waals surface area contributed by atoms with Crippen molar-refractivity contribution >= 4 is 5.97 Å². The van der Waals surface area contributed by atoms with Crippen LogP contribution in [0.1, 0.15) is 49.7 Å². The van der Waals surface area contributed by atoms with Crippen molar-refractivity contribution < 1.29 is 14.3 Å². The van der Waals surface area contributed by atoms with Crippen LogP contribution in [0.5, 0.6) is 0 Å². The largest absolute Gasteiger partial charge is 0.481 e. The van der Waals surface area contributed by atoms with Gasteiger partial charge in [0.2, 0.25) is 0 Å². The summed E-state index contributed by atoms with van der Waals surface area (Å²) in [5, 5.41) is 8.48. The van der Waals surface area contributed by atoms with Crippen LogP contribution in [-0.2, 0) is 11.2 Å². The van der Waals surface area contributed by atoms with Crippen molar-refractivity contribution in [1.29, 1.82) is 0 Å². The number of carboxylic acid groups (broad SMARTS) is 1. The Morgan fingerprint density at radius 2 is 2.40 bits per heavy atom. The number of carboxylic acids is 1. The van der Waals surface area contributed by atoms with E-state index in [1.54, 1.807) is 6.20 Å². The number of nitrogens with zero attached hydrogens (tertiary/aromatic N) is 1. The molecule has 0 amide bonds. The van der Waals surface area contributed by atoms with Crippen LogP contribution in [0.3, 0.4) is 0 Å². The van der Waals surface area contributed by atoms with Crippen LogP contribution in [0.2, 0.25) is 0 Å². The van der Waals surface area contributed by atoms with Gasteiger partial charge in [0.1, 0.15) is 5.76 Å². The van der Waals surface area contributed by atoms with E-state index in [-0.39, 0.29) is 6.42 Å². The topological polar surface area (TPSA) is 63.3 Å². The second kappa shape index (κ2) is 4.47. The molecule has 1 aliphatic carbocycles. The van der Waals surface area contributed by atoms with E-state index < -0.39 is 5.97 Å². The third-order valence-electron chi connectivity index (χ3n) is 2.86. The fraction of sp³-hybridized carbons (Fsp3) is 0.636. The fourth-order valence-electron chi connectivity index (χ4n) is 1.71. The van der Waals surface area contributed by atoms with Crippen molar-refractivity contribution in [2.45, 2.75) is 44.4 Å². The summed E-state index contributed by atoms with van der Waals surface area (Å²) in [6, 6.07) is 0. The molecule has 1 aromatic rings. The highest BCUT2D eigenvalue weighted by atomic mass is 16.4. The summed E-state index contributed by atoms with van der Waals surface area (Å²) >= 11 is 0. The Bertz CT molecular complexity index is 341. The maximum Gasteiger partial charge on any atom is 0.303 e. The molecule has 1 aliphatic rings. The van der Waals surface area contributed by atoms with E-state index in [9.17, 15) is 4.79 Å². The lowest BCUT2D eigenvalue weighted by Crippen LogP contribution is -2.07. The molecule has 82 valence electrons. The molecule has 2 rings (SSSR count). The zero-order valence-electron chi connectivity index (χ0n) is 8.61. The minimum atomic E-state index is -0.763. The Kier molecular flexibility index (Phi) is 3.04. The summed E-state index contributed by atoms with van der Waals surface area (Å²) < 4.78 is 5.57. The molecule has 0 bridgehead atoms. The number of rotatable bonds is 5. The maximum absolute atomic E-state index is 10.3. The van der Waals surface area contributed by atoms with Gasteiger partial charge in [-0.2, -0.15) is 0 Å². The molecule has 4 heteroatoms. The van der Waals surface area contributed by atoms with Gasteiger partial charge in [-0.05, 0) is 19.3 Å². The van der Waals surface area contributed by atoms with E-state index in [1.165, 1.54) is 19.3 Å². The molecular formula is C11H15NO3. The lowest BCUT2D eigenvalue weighted by Gasteiger charge is -2.22. The minimum Gasteiger partial charge on any atom is -0.481 e. The summed E-state index contributed by atoms with van der Waals surface area (Å²) in [5.74, 6) is 1.45. The highest BCUT2D eigenvalue weighted by Crippen LogP contribution is 2.36. The molecule has 0 atom stereocenters. The van der Waals surface area contributed by atoms with Crippen LogP contribution in [0, 0.1) is 0 Å². The lowest BCUT2D eigenvalue weighted by atomic mass is 9.84. The molecule has 0 aliphatic heterocycles. The molecule has 1 saturated carbocycles. The number of oxazole rings is 1. The van der Waals surface area contributed by atoms with Gasteiger partial charge in [-0.25, -0.2) is 4.98 Å². The highest BCUT2D eigenvalue weighted by molar-refractivity contribution is 5.66. The quantitative estimate of drug-likeness (QED) is 0.808. The third kappa shape index (κ3) is 2.58. The van der Waals surface area contributed by atoms with E-state index in [0.29, 0.717) is 24.7 Å². The first-order chi connectivity index (χ1) is 7.25. The predicted octanol–water partition coefficient (Wildman–Crippen LogP) is 2.35. The Hall–Kier alpha value is -1.32. The van der Waals surface area contributed by atoms with Gasteiger partial charge in [0.05, 0.1) is 6.20 Å². The Balaban J connectivity index is 1.81. The van der Waals surface area contributed by atoms with E-state index in [2.05, 4.69) is 4.98 Å². The van der Waals surface area contributed by atoms with E-state index >= 15 is 0 Å². The van der Waals surface area contributed by atoms with Crippen LogP contribution < -0.4 is 0 Å². The molecule has 0 saturated heterocycles. The van der Waals surface area contributed by atoms with Crippen molar-refractivity contribution in [2.24, 2.45) is 0 Å². The van der Waals surface area contributed by atoms with Gasteiger partial charge in [0.25, 0.3) is 0 Å². The molecule has 0 spiro atoms. The Labute approximate surface area is 88.3 Å². The fourth-order valence-corrected chi connectivity index (χ4v) is 1.71. The Morgan fingerprint density at radius 1 is 1.60 bits per heavy atom. The molecule has 1 aromatic heterocycles. The van der Waals surface area contributed by atoms with Gasteiger partial charge in [-0.3, -0.25) is 4.79 Å². The molecule has 0 aromatic carbocycles. The van der Waals surface area contributed by atoms with Crippen LogP contribution >= 0.6 is 0 Å². The van der Waals surface area contributed by atoms with Gasteiger partial charge in [0.15, 0.2) is 5.89 Å². The zero-order chi connectivity index (χ0) is 10.7. The first-order valence-electron chi connectivity index (χ1n) is 5.42. The SMILES string of the molecule is O=C(O)CCCc1ncc(C2CCC2)o1. The summed E-state index contributed by atoms with van der Waals surface area (Å²) in [6.07, 6.45) is 6.87. The number of aromatic nitrogens is 1. The van der Waals surface area contributed by atoms with Crippen molar-refractivity contribution in [3.8, 4) is 0 Å². The van der Waals surface area contributed by atoms with Crippen LogP contribution in [-0.4, -0.2) is 16.1 Å². The zero-order valence-corrected chi connectivity index (χ0v) is 8.61. The number of aliphatic carboxylic acids is 1. The predicted molar refractivity (Wildman–Crippen MR) is 53.7 cm³/mol. The average molecular weight is 209 g/mol. The van der Waals surface area contributed by atoms with Crippen molar-refractivity contribution in [3.05, 3.63) is 17.8 Å². The molecule has 1 heterocycles. The number of hydrogen-bond donors (Lipinski definition) is 1. The van der Waals surface area contributed by atoms with Crippen LogP contribution in [0.25, 0.3) is 0 Å². The van der Waals surface area contributed by atoms with Crippen molar-refractivity contribution in [3.63, 3.8) is 0 Å². The highest BCUT2D eigenvalue weighted by Gasteiger charge is 2.23. The molecule has 15 heavy (non-hydrogen) atoms. The molecular weight excluding hydrogens is 194 g/mol. The smallest absolute Gasteiger partial charge is 0.303 e. The van der Waals surface area contributed by atoms with Gasteiger partial charge in [-0.1, -0.05) is 6.42 Å². The Morgan fingerprint density at radius 3 is 3.00 bits per heavy atom. The first kappa shape index (κ1) is 10.2.